The van der Waals surface area contributed by atoms with Gasteiger partial charge in [0, 0.05) is 12.1 Å². The molecule has 0 spiro atoms. The van der Waals surface area contributed by atoms with Crippen molar-refractivity contribution in [2.75, 3.05) is 5.32 Å². The van der Waals surface area contributed by atoms with E-state index in [0.717, 1.165) is 12.1 Å². The van der Waals surface area contributed by atoms with Crippen molar-refractivity contribution in [3.63, 3.8) is 0 Å². The highest BCUT2D eigenvalue weighted by atomic mass is 35.5. The Bertz CT molecular complexity index is 612. The van der Waals surface area contributed by atoms with Crippen LogP contribution in [0.5, 0.6) is 0 Å². The Morgan fingerprint density at radius 3 is 2.47 bits per heavy atom. The van der Waals surface area contributed by atoms with E-state index >= 15 is 0 Å². The molecule has 2 aromatic rings. The van der Waals surface area contributed by atoms with E-state index in [9.17, 15) is 8.78 Å². The summed E-state index contributed by atoms with van der Waals surface area (Å²) in [6, 6.07) is 6.90. The first-order valence-electron chi connectivity index (χ1n) is 5.33. The van der Waals surface area contributed by atoms with Crippen molar-refractivity contribution < 1.29 is 8.78 Å². The molecule has 1 aromatic heterocycles. The van der Waals surface area contributed by atoms with Crippen LogP contribution in [0.4, 0.5) is 14.5 Å². The van der Waals surface area contributed by atoms with Gasteiger partial charge in [-0.15, -0.1) is 0 Å². The fourth-order valence-corrected chi connectivity index (χ4v) is 1.62. The second kappa shape index (κ2) is 5.63. The number of nitrogens with one attached hydrogen (secondary N) is 1. The van der Waals surface area contributed by atoms with Gasteiger partial charge in [0.1, 0.15) is 16.8 Å². The summed E-state index contributed by atoms with van der Waals surface area (Å²) in [6.45, 7) is -0.0489. The SMILES string of the molecule is N#Cc1cc(F)c(CNc2ccc(Cl)nc2)c(F)c1. The number of aromatic nitrogens is 1. The molecule has 0 saturated heterocycles. The number of hydrogen-bond donors (Lipinski definition) is 1. The normalized spacial score (nSPS) is 10.0. The van der Waals surface area contributed by atoms with Gasteiger partial charge in [0.15, 0.2) is 0 Å². The van der Waals surface area contributed by atoms with Crippen molar-refractivity contribution in [3.8, 4) is 6.07 Å². The number of hydrogen-bond acceptors (Lipinski definition) is 3. The molecule has 0 radical (unpaired) electrons. The molecule has 0 amide bonds. The van der Waals surface area contributed by atoms with Crippen LogP contribution in [0.2, 0.25) is 5.15 Å². The zero-order valence-electron chi connectivity index (χ0n) is 9.62. The fraction of sp³-hybridized carbons (Fsp3) is 0.0769. The summed E-state index contributed by atoms with van der Waals surface area (Å²) in [7, 11) is 0. The van der Waals surface area contributed by atoms with E-state index < -0.39 is 11.6 Å². The molecule has 1 heterocycles. The quantitative estimate of drug-likeness (QED) is 0.875. The molecule has 96 valence electrons. The van der Waals surface area contributed by atoms with E-state index in [1.165, 1.54) is 6.20 Å². The highest BCUT2D eigenvalue weighted by molar-refractivity contribution is 6.29. The minimum absolute atomic E-state index is 0.0489. The highest BCUT2D eigenvalue weighted by Crippen LogP contribution is 2.17. The largest absolute Gasteiger partial charge is 0.379 e. The summed E-state index contributed by atoms with van der Waals surface area (Å²) < 4.78 is 27.2. The van der Waals surface area contributed by atoms with Crippen molar-refractivity contribution in [3.05, 3.63) is 58.4 Å². The van der Waals surface area contributed by atoms with Gasteiger partial charge in [-0.3, -0.25) is 0 Å². The smallest absolute Gasteiger partial charge is 0.132 e. The van der Waals surface area contributed by atoms with E-state index in [0.29, 0.717) is 10.8 Å². The molecule has 0 aliphatic rings. The topological polar surface area (TPSA) is 48.7 Å². The van der Waals surface area contributed by atoms with Gasteiger partial charge in [-0.25, -0.2) is 13.8 Å². The summed E-state index contributed by atoms with van der Waals surface area (Å²) in [4.78, 5) is 3.84. The molecule has 2 rings (SSSR count). The van der Waals surface area contributed by atoms with Crippen LogP contribution in [0.15, 0.2) is 30.5 Å². The number of halogens is 3. The standard InChI is InChI=1S/C13H8ClF2N3/c14-13-2-1-9(6-19-13)18-7-10-11(15)3-8(5-17)4-12(10)16/h1-4,6,18H,7H2. The fourth-order valence-electron chi connectivity index (χ4n) is 1.51. The lowest BCUT2D eigenvalue weighted by molar-refractivity contribution is 0.559. The summed E-state index contributed by atoms with van der Waals surface area (Å²) in [5, 5.41) is 11.7. The van der Waals surface area contributed by atoms with Gasteiger partial charge in [-0.05, 0) is 24.3 Å². The number of rotatable bonds is 3. The Balaban J connectivity index is 2.16. The summed E-state index contributed by atoms with van der Waals surface area (Å²) in [5.74, 6) is -1.52. The van der Waals surface area contributed by atoms with Gasteiger partial charge < -0.3 is 5.32 Å². The minimum atomic E-state index is -0.758. The van der Waals surface area contributed by atoms with Gasteiger partial charge in [0.2, 0.25) is 0 Å². The Morgan fingerprint density at radius 1 is 1.26 bits per heavy atom. The lowest BCUT2D eigenvalue weighted by Gasteiger charge is -2.08. The van der Waals surface area contributed by atoms with E-state index in [1.807, 2.05) is 0 Å². The number of anilines is 1. The number of pyridine rings is 1. The molecule has 0 unspecified atom stereocenters. The third-order valence-corrected chi connectivity index (χ3v) is 2.69. The molecule has 0 fully saturated rings. The molecule has 6 heteroatoms. The van der Waals surface area contributed by atoms with Crippen molar-refractivity contribution in [1.82, 2.24) is 4.98 Å². The molecular formula is C13H8ClF2N3. The molecule has 1 N–H and O–H groups in total. The van der Waals surface area contributed by atoms with E-state index in [4.69, 9.17) is 16.9 Å². The van der Waals surface area contributed by atoms with Crippen molar-refractivity contribution in [1.29, 1.82) is 5.26 Å². The van der Waals surface area contributed by atoms with Crippen LogP contribution >= 0.6 is 11.6 Å². The summed E-state index contributed by atoms with van der Waals surface area (Å²) >= 11 is 5.62. The maximum atomic E-state index is 13.6. The van der Waals surface area contributed by atoms with Crippen LogP contribution in [0.25, 0.3) is 0 Å². The van der Waals surface area contributed by atoms with Gasteiger partial charge in [-0.1, -0.05) is 11.6 Å². The van der Waals surface area contributed by atoms with Crippen LogP contribution in [0.3, 0.4) is 0 Å². The lowest BCUT2D eigenvalue weighted by atomic mass is 10.1. The maximum absolute atomic E-state index is 13.6. The predicted octanol–water partition coefficient (Wildman–Crippen LogP) is 3.50. The van der Waals surface area contributed by atoms with Crippen LogP contribution in [0.1, 0.15) is 11.1 Å². The van der Waals surface area contributed by atoms with Crippen molar-refractivity contribution in [2.24, 2.45) is 0 Å². The van der Waals surface area contributed by atoms with Gasteiger partial charge in [-0.2, -0.15) is 5.26 Å². The Labute approximate surface area is 113 Å². The zero-order chi connectivity index (χ0) is 13.8. The van der Waals surface area contributed by atoms with Crippen LogP contribution in [0, 0.1) is 23.0 Å². The van der Waals surface area contributed by atoms with Crippen molar-refractivity contribution >= 4 is 17.3 Å². The van der Waals surface area contributed by atoms with Crippen molar-refractivity contribution in [2.45, 2.75) is 6.54 Å². The molecule has 1 aromatic carbocycles. The number of nitrogens with zero attached hydrogens (tertiary/aromatic N) is 2. The first-order chi connectivity index (χ1) is 9.10. The number of nitriles is 1. The first-order valence-corrected chi connectivity index (χ1v) is 5.71. The second-order valence-electron chi connectivity index (χ2n) is 3.75. The molecule has 0 saturated carbocycles. The lowest BCUT2D eigenvalue weighted by Crippen LogP contribution is -2.05. The third-order valence-electron chi connectivity index (χ3n) is 2.47. The van der Waals surface area contributed by atoms with E-state index in [-0.39, 0.29) is 17.7 Å². The maximum Gasteiger partial charge on any atom is 0.132 e. The zero-order valence-corrected chi connectivity index (χ0v) is 10.4. The Hall–Kier alpha value is -2.19. The second-order valence-corrected chi connectivity index (χ2v) is 4.14. The average Bonchev–Trinajstić information content (AvgIpc) is 2.39. The Morgan fingerprint density at radius 2 is 1.95 bits per heavy atom. The summed E-state index contributed by atoms with van der Waals surface area (Å²) in [5.41, 5.74) is 0.411. The highest BCUT2D eigenvalue weighted by Gasteiger charge is 2.11. The monoisotopic (exact) mass is 279 g/mol. The summed E-state index contributed by atoms with van der Waals surface area (Å²) in [6.07, 6.45) is 1.46. The van der Waals surface area contributed by atoms with Crippen LogP contribution in [-0.2, 0) is 6.54 Å². The molecular weight excluding hydrogens is 272 g/mol. The van der Waals surface area contributed by atoms with Gasteiger partial charge in [0.25, 0.3) is 0 Å². The van der Waals surface area contributed by atoms with E-state index in [1.54, 1.807) is 18.2 Å². The molecule has 0 atom stereocenters. The molecule has 3 nitrogen and oxygen atoms in total. The van der Waals surface area contributed by atoms with E-state index in [2.05, 4.69) is 10.3 Å². The van der Waals surface area contributed by atoms with Gasteiger partial charge >= 0.3 is 0 Å². The van der Waals surface area contributed by atoms with Crippen LogP contribution < -0.4 is 5.32 Å². The molecule has 19 heavy (non-hydrogen) atoms. The van der Waals surface area contributed by atoms with Gasteiger partial charge in [0.05, 0.1) is 23.5 Å². The number of benzene rings is 1. The average molecular weight is 280 g/mol. The predicted molar refractivity (Wildman–Crippen MR) is 67.6 cm³/mol. The van der Waals surface area contributed by atoms with Crippen LogP contribution in [-0.4, -0.2) is 4.98 Å². The Kier molecular flexibility index (Phi) is 3.93. The third kappa shape index (κ3) is 3.18. The molecule has 0 aliphatic carbocycles. The minimum Gasteiger partial charge on any atom is -0.379 e. The molecule has 0 aliphatic heterocycles. The first kappa shape index (κ1) is 13.2. The molecule has 0 bridgehead atoms.